The molecule has 2 aromatic heterocycles. The van der Waals surface area contributed by atoms with Crippen LogP contribution in [0.1, 0.15) is 39.6 Å². The molecule has 37 heavy (non-hydrogen) atoms. The van der Waals surface area contributed by atoms with Crippen LogP contribution in [-0.2, 0) is 6.54 Å². The van der Waals surface area contributed by atoms with Crippen LogP contribution in [0.4, 0.5) is 16.0 Å². The summed E-state index contributed by atoms with van der Waals surface area (Å²) in [6, 6.07) is 13.4. The first-order valence-corrected chi connectivity index (χ1v) is 12.5. The molecule has 1 aliphatic rings. The lowest BCUT2D eigenvalue weighted by atomic mass is 10.0. The van der Waals surface area contributed by atoms with E-state index < -0.39 is 11.9 Å². The normalized spacial score (nSPS) is 14.3. The fourth-order valence-electron chi connectivity index (χ4n) is 4.73. The fraction of sp³-hybridized carbons (Fsp3) is 0.250. The third-order valence-electron chi connectivity index (χ3n) is 6.57. The van der Waals surface area contributed by atoms with E-state index in [1.54, 1.807) is 11.1 Å². The molecule has 2 N–H and O–H groups in total. The Morgan fingerprint density at radius 2 is 2.00 bits per heavy atom. The van der Waals surface area contributed by atoms with Gasteiger partial charge in [-0.1, -0.05) is 41.4 Å². The first-order chi connectivity index (χ1) is 17.8. The highest BCUT2D eigenvalue weighted by atomic mass is 35.5. The summed E-state index contributed by atoms with van der Waals surface area (Å²) in [6.45, 7) is 4.96. The molecule has 0 bridgehead atoms. The number of fused-ring (bicyclic) bond motifs is 1. The SMILES string of the molecule is Cc1cccc(C(CO)N2CCCn3cc(-c4nc(Nc5ccc(F)cc5Cl)ncc4C)cc3C2=O)c1. The van der Waals surface area contributed by atoms with Gasteiger partial charge in [0.1, 0.15) is 11.5 Å². The van der Waals surface area contributed by atoms with Crippen molar-refractivity contribution < 1.29 is 14.3 Å². The van der Waals surface area contributed by atoms with Gasteiger partial charge in [-0.15, -0.1) is 0 Å². The average molecular weight is 520 g/mol. The molecule has 1 unspecified atom stereocenters. The summed E-state index contributed by atoms with van der Waals surface area (Å²) >= 11 is 6.15. The van der Waals surface area contributed by atoms with Crippen molar-refractivity contribution in [3.63, 3.8) is 0 Å². The second kappa shape index (κ2) is 10.3. The van der Waals surface area contributed by atoms with Gasteiger partial charge >= 0.3 is 0 Å². The van der Waals surface area contributed by atoms with E-state index in [0.29, 0.717) is 36.1 Å². The molecule has 0 saturated carbocycles. The Bertz CT molecular complexity index is 1470. The van der Waals surface area contributed by atoms with Gasteiger partial charge < -0.3 is 19.9 Å². The fourth-order valence-corrected chi connectivity index (χ4v) is 4.94. The van der Waals surface area contributed by atoms with E-state index >= 15 is 0 Å². The van der Waals surface area contributed by atoms with E-state index in [1.165, 1.54) is 18.2 Å². The highest BCUT2D eigenvalue weighted by molar-refractivity contribution is 6.33. The lowest BCUT2D eigenvalue weighted by Gasteiger charge is -2.29. The molecule has 1 atom stereocenters. The van der Waals surface area contributed by atoms with Crippen LogP contribution in [0.2, 0.25) is 5.02 Å². The zero-order chi connectivity index (χ0) is 26.1. The van der Waals surface area contributed by atoms with Crippen molar-refractivity contribution in [3.05, 3.63) is 94.1 Å². The predicted octanol–water partition coefficient (Wildman–Crippen LogP) is 5.68. The molecule has 4 aromatic rings. The topological polar surface area (TPSA) is 83.3 Å². The third kappa shape index (κ3) is 5.08. The number of rotatable bonds is 6. The minimum Gasteiger partial charge on any atom is -0.394 e. The second-order valence-corrected chi connectivity index (χ2v) is 9.65. The van der Waals surface area contributed by atoms with Crippen molar-refractivity contribution in [1.29, 1.82) is 0 Å². The van der Waals surface area contributed by atoms with Gasteiger partial charge in [-0.3, -0.25) is 4.79 Å². The molecule has 1 aliphatic heterocycles. The number of aromatic nitrogens is 3. The van der Waals surface area contributed by atoms with Crippen molar-refractivity contribution in [2.75, 3.05) is 18.5 Å². The van der Waals surface area contributed by atoms with Gasteiger partial charge in [0.05, 0.1) is 29.1 Å². The number of nitrogens with one attached hydrogen (secondary N) is 1. The van der Waals surface area contributed by atoms with Gasteiger partial charge in [-0.05, 0) is 55.7 Å². The molecule has 7 nitrogen and oxygen atoms in total. The standard InChI is InChI=1S/C28H27ClFN5O2/c1-17-5-3-6-19(11-17)25(16-36)35-10-4-9-34-15-20(12-24(34)27(35)37)26-18(2)14-31-28(33-26)32-23-8-7-21(30)13-22(23)29/h3,5-8,11-15,25,36H,4,9-10,16H2,1-2H3,(H,31,32,33). The van der Waals surface area contributed by atoms with E-state index in [1.807, 2.05) is 54.9 Å². The molecular weight excluding hydrogens is 493 g/mol. The van der Waals surface area contributed by atoms with Crippen LogP contribution < -0.4 is 5.32 Å². The molecule has 0 spiro atoms. The third-order valence-corrected chi connectivity index (χ3v) is 6.89. The Morgan fingerprint density at radius 3 is 2.76 bits per heavy atom. The number of hydrogen-bond donors (Lipinski definition) is 2. The van der Waals surface area contributed by atoms with Gasteiger partial charge in [0.15, 0.2) is 0 Å². The van der Waals surface area contributed by atoms with Gasteiger partial charge in [0, 0.05) is 31.0 Å². The lowest BCUT2D eigenvalue weighted by molar-refractivity contribution is 0.0595. The molecular formula is C28H27ClFN5O2. The van der Waals surface area contributed by atoms with Gasteiger partial charge in [-0.2, -0.15) is 0 Å². The number of halogens is 2. The molecule has 0 aliphatic carbocycles. The van der Waals surface area contributed by atoms with Gasteiger partial charge in [0.25, 0.3) is 5.91 Å². The van der Waals surface area contributed by atoms with Crippen LogP contribution >= 0.6 is 11.6 Å². The van der Waals surface area contributed by atoms with Crippen LogP contribution in [0.5, 0.6) is 0 Å². The predicted molar refractivity (Wildman–Crippen MR) is 142 cm³/mol. The first-order valence-electron chi connectivity index (χ1n) is 12.1. The number of aliphatic hydroxyl groups excluding tert-OH is 1. The number of nitrogens with zero attached hydrogens (tertiary/aromatic N) is 4. The average Bonchev–Trinajstić information content (AvgIpc) is 3.23. The molecule has 9 heteroatoms. The minimum absolute atomic E-state index is 0.132. The molecule has 1 amide bonds. The number of aryl methyl sites for hydroxylation is 3. The summed E-state index contributed by atoms with van der Waals surface area (Å²) in [5.41, 5.74) is 5.33. The second-order valence-electron chi connectivity index (χ2n) is 9.25. The summed E-state index contributed by atoms with van der Waals surface area (Å²) in [6.07, 6.45) is 4.38. The molecule has 0 saturated heterocycles. The van der Waals surface area contributed by atoms with Crippen molar-refractivity contribution in [2.45, 2.75) is 32.9 Å². The number of carbonyl (C=O) groups is 1. The van der Waals surface area contributed by atoms with Crippen LogP contribution in [0, 0.1) is 19.7 Å². The maximum Gasteiger partial charge on any atom is 0.271 e. The largest absolute Gasteiger partial charge is 0.394 e. The highest BCUT2D eigenvalue weighted by Gasteiger charge is 2.30. The van der Waals surface area contributed by atoms with E-state index in [2.05, 4.69) is 15.3 Å². The van der Waals surface area contributed by atoms with Crippen LogP contribution in [0.25, 0.3) is 11.3 Å². The Morgan fingerprint density at radius 1 is 1.16 bits per heavy atom. The molecule has 5 rings (SSSR count). The molecule has 3 heterocycles. The number of hydrogen-bond acceptors (Lipinski definition) is 5. The number of aliphatic hydroxyl groups is 1. The van der Waals surface area contributed by atoms with Crippen molar-refractivity contribution >= 4 is 29.1 Å². The van der Waals surface area contributed by atoms with Crippen LogP contribution in [0.3, 0.4) is 0 Å². The number of anilines is 2. The van der Waals surface area contributed by atoms with E-state index in [9.17, 15) is 14.3 Å². The Labute approximate surface area is 219 Å². The monoisotopic (exact) mass is 519 g/mol. The Kier molecular flexibility index (Phi) is 6.95. The van der Waals surface area contributed by atoms with E-state index in [0.717, 1.165) is 28.7 Å². The first kappa shape index (κ1) is 24.9. The number of benzene rings is 2. The zero-order valence-electron chi connectivity index (χ0n) is 20.6. The van der Waals surface area contributed by atoms with Crippen LogP contribution in [-0.4, -0.2) is 43.6 Å². The van der Waals surface area contributed by atoms with Crippen LogP contribution in [0.15, 0.2) is 60.9 Å². The van der Waals surface area contributed by atoms with Crippen molar-refractivity contribution in [1.82, 2.24) is 19.4 Å². The number of carbonyl (C=O) groups excluding carboxylic acids is 1. The quantitative estimate of drug-likeness (QED) is 0.342. The summed E-state index contributed by atoms with van der Waals surface area (Å²) in [5, 5.41) is 13.5. The zero-order valence-corrected chi connectivity index (χ0v) is 21.3. The van der Waals surface area contributed by atoms with E-state index in [-0.39, 0.29) is 17.5 Å². The minimum atomic E-state index is -0.430. The highest BCUT2D eigenvalue weighted by Crippen LogP contribution is 2.31. The number of amides is 1. The lowest BCUT2D eigenvalue weighted by Crippen LogP contribution is -2.37. The maximum atomic E-state index is 13.7. The summed E-state index contributed by atoms with van der Waals surface area (Å²) in [4.78, 5) is 24.5. The van der Waals surface area contributed by atoms with E-state index in [4.69, 9.17) is 11.6 Å². The van der Waals surface area contributed by atoms with Gasteiger partial charge in [-0.25, -0.2) is 14.4 Å². The maximum absolute atomic E-state index is 13.7. The summed E-state index contributed by atoms with van der Waals surface area (Å²) in [7, 11) is 0. The smallest absolute Gasteiger partial charge is 0.271 e. The Balaban J connectivity index is 1.46. The molecule has 190 valence electrons. The summed E-state index contributed by atoms with van der Waals surface area (Å²) in [5.74, 6) is -0.253. The van der Waals surface area contributed by atoms with Crippen molar-refractivity contribution in [2.24, 2.45) is 0 Å². The molecule has 0 fully saturated rings. The molecule has 0 radical (unpaired) electrons. The van der Waals surface area contributed by atoms with Gasteiger partial charge in [0.2, 0.25) is 5.95 Å². The summed E-state index contributed by atoms with van der Waals surface area (Å²) < 4.78 is 15.4. The Hall–Kier alpha value is -3.75. The van der Waals surface area contributed by atoms with Crippen molar-refractivity contribution in [3.8, 4) is 11.3 Å². The molecule has 2 aromatic carbocycles.